The fourth-order valence-electron chi connectivity index (χ4n) is 4.27. The van der Waals surface area contributed by atoms with E-state index in [9.17, 15) is 9.90 Å². The van der Waals surface area contributed by atoms with Crippen molar-refractivity contribution in [1.82, 2.24) is 0 Å². The molecule has 2 N–H and O–H groups in total. The Bertz CT molecular complexity index is 543. The molecule has 0 aromatic heterocycles. The smallest absolute Gasteiger partial charge is 0.209 e. The molecule has 2 atom stereocenters. The number of hydrogen-bond acceptors (Lipinski definition) is 4. The maximum absolute atomic E-state index is 11.2. The second-order valence-corrected chi connectivity index (χ2v) is 8.82. The highest BCUT2D eigenvalue weighted by Crippen LogP contribution is 2.23. The lowest BCUT2D eigenvalue weighted by Gasteiger charge is -2.36. The van der Waals surface area contributed by atoms with Crippen LogP contribution in [0.15, 0.2) is 30.0 Å². The number of carboxylic acid groups (broad SMARTS) is 1. The number of unbranched alkanes of at least 4 members (excludes halogenated alkanes) is 14. The quantitative estimate of drug-likeness (QED) is 0.168. The number of quaternary nitrogens is 1. The zero-order valence-electron chi connectivity index (χ0n) is 19.3. The molecule has 5 heteroatoms. The Morgan fingerprint density at radius 3 is 1.90 bits per heavy atom. The average Bonchev–Trinajstić information content (AvgIpc) is 3.10. The van der Waals surface area contributed by atoms with Gasteiger partial charge in [-0.2, -0.15) is 0 Å². The molecule has 1 aliphatic heterocycles. The van der Waals surface area contributed by atoms with Gasteiger partial charge in [-0.15, -0.1) is 6.58 Å². The van der Waals surface area contributed by atoms with E-state index >= 15 is 0 Å². The minimum Gasteiger partial charge on any atom is -0.544 e. The van der Waals surface area contributed by atoms with Gasteiger partial charge in [-0.3, -0.25) is 5.73 Å². The molecular formula is C25H45N3O2. The molecule has 30 heavy (non-hydrogen) atoms. The van der Waals surface area contributed by atoms with Crippen LogP contribution in [-0.4, -0.2) is 29.0 Å². The van der Waals surface area contributed by atoms with Crippen LogP contribution in [-0.2, 0) is 4.79 Å². The first kappa shape index (κ1) is 26.6. The first-order chi connectivity index (χ1) is 14.5. The van der Waals surface area contributed by atoms with Crippen molar-refractivity contribution in [3.63, 3.8) is 0 Å². The Morgan fingerprint density at radius 2 is 1.47 bits per heavy atom. The molecule has 0 amide bonds. The maximum atomic E-state index is 11.2. The van der Waals surface area contributed by atoms with Crippen LogP contribution in [0.1, 0.15) is 110 Å². The summed E-state index contributed by atoms with van der Waals surface area (Å²) in [5, 5.41) is 11.2. The van der Waals surface area contributed by atoms with Gasteiger partial charge >= 0.3 is 0 Å². The molecule has 0 spiro atoms. The van der Waals surface area contributed by atoms with Crippen LogP contribution >= 0.6 is 0 Å². The third-order valence-electron chi connectivity index (χ3n) is 6.21. The molecule has 2 unspecified atom stereocenters. The van der Waals surface area contributed by atoms with E-state index in [-0.39, 0.29) is 17.2 Å². The largest absolute Gasteiger partial charge is 0.544 e. The van der Waals surface area contributed by atoms with Gasteiger partial charge in [0.25, 0.3) is 0 Å². The summed E-state index contributed by atoms with van der Waals surface area (Å²) >= 11 is 0. The fourth-order valence-corrected chi connectivity index (χ4v) is 4.27. The Balaban J connectivity index is 1.97. The van der Waals surface area contributed by atoms with E-state index in [2.05, 4.69) is 11.6 Å². The number of amidine groups is 1. The van der Waals surface area contributed by atoms with E-state index in [0.29, 0.717) is 0 Å². The van der Waals surface area contributed by atoms with Gasteiger partial charge in [-0.25, -0.2) is 9.48 Å². The van der Waals surface area contributed by atoms with Gasteiger partial charge in [-0.1, -0.05) is 83.1 Å². The summed E-state index contributed by atoms with van der Waals surface area (Å²) in [4.78, 5) is 15.6. The number of carbonyl (C=O) groups excluding carboxylic acids is 1. The van der Waals surface area contributed by atoms with Crippen molar-refractivity contribution in [2.75, 3.05) is 6.54 Å². The van der Waals surface area contributed by atoms with E-state index < -0.39 is 5.97 Å². The molecule has 172 valence electrons. The number of carbonyl (C=O) groups is 1. The summed E-state index contributed by atoms with van der Waals surface area (Å²) < 4.78 is 0.108. The zero-order chi connectivity index (χ0) is 22.1. The van der Waals surface area contributed by atoms with Crippen molar-refractivity contribution in [2.24, 2.45) is 10.7 Å². The number of aliphatic carboxylic acids is 1. The summed E-state index contributed by atoms with van der Waals surface area (Å²) in [5.74, 6) is -0.232. The molecule has 0 bridgehead atoms. The predicted octanol–water partition coefficient (Wildman–Crippen LogP) is 5.17. The van der Waals surface area contributed by atoms with E-state index in [4.69, 9.17) is 5.73 Å². The summed E-state index contributed by atoms with van der Waals surface area (Å²) in [5.41, 5.74) is 6.08. The van der Waals surface area contributed by atoms with E-state index in [1.165, 1.54) is 83.5 Å². The number of aliphatic imine (C=N–C) groups is 1. The monoisotopic (exact) mass is 419 g/mol. The number of allylic oxidation sites excluding steroid dienone is 1. The van der Waals surface area contributed by atoms with E-state index in [1.54, 1.807) is 12.4 Å². The lowest BCUT2D eigenvalue weighted by molar-refractivity contribution is -0.808. The van der Waals surface area contributed by atoms with Gasteiger partial charge in [0.15, 0.2) is 0 Å². The van der Waals surface area contributed by atoms with Crippen molar-refractivity contribution in [2.45, 2.75) is 116 Å². The Morgan fingerprint density at radius 1 is 1.00 bits per heavy atom. The van der Waals surface area contributed by atoms with Crippen LogP contribution in [0.25, 0.3) is 0 Å². The molecule has 1 aliphatic rings. The van der Waals surface area contributed by atoms with Crippen LogP contribution in [0.5, 0.6) is 0 Å². The topological polar surface area (TPSA) is 78.5 Å². The number of hydrogen-bond donors (Lipinski definition) is 1. The molecule has 0 aliphatic carbocycles. The van der Waals surface area contributed by atoms with Crippen LogP contribution in [0.3, 0.4) is 0 Å². The summed E-state index contributed by atoms with van der Waals surface area (Å²) in [6.45, 7) is 5.46. The molecule has 0 saturated heterocycles. The molecule has 5 nitrogen and oxygen atoms in total. The van der Waals surface area contributed by atoms with E-state index in [1.807, 2.05) is 13.0 Å². The molecule has 0 fully saturated rings. The standard InChI is InChI=1S/C25H45N3O2/c1-3-4-5-6-7-8-9-10-11-12-13-14-15-16-17-18-19-24-27-20-21-28(24,23(2)26)22-25(29)30/h3,20-21,23H,1,4-19,22,26H2,2H3. The number of carboxylic acids is 1. The number of nitrogens with two attached hydrogens (primary N) is 1. The molecule has 0 radical (unpaired) electrons. The van der Waals surface area contributed by atoms with Crippen LogP contribution < -0.4 is 10.8 Å². The van der Waals surface area contributed by atoms with Crippen molar-refractivity contribution >= 4 is 11.8 Å². The minimum atomic E-state index is -1.09. The second-order valence-electron chi connectivity index (χ2n) is 8.82. The lowest BCUT2D eigenvalue weighted by atomic mass is 10.0. The van der Waals surface area contributed by atoms with Gasteiger partial charge in [0.1, 0.15) is 18.9 Å². The van der Waals surface area contributed by atoms with Gasteiger partial charge in [0, 0.05) is 13.3 Å². The van der Waals surface area contributed by atoms with Crippen molar-refractivity contribution in [3.05, 3.63) is 25.1 Å². The third-order valence-corrected chi connectivity index (χ3v) is 6.21. The zero-order valence-corrected chi connectivity index (χ0v) is 19.3. The SMILES string of the molecule is C=CCCCCCCCCCCCCCCCCC1=NC=C[N+]1(CC(=O)[O-])C(C)N. The first-order valence-corrected chi connectivity index (χ1v) is 12.2. The summed E-state index contributed by atoms with van der Waals surface area (Å²) in [6, 6.07) is 0. The van der Waals surface area contributed by atoms with Gasteiger partial charge < -0.3 is 9.90 Å². The fraction of sp³-hybridized carbons (Fsp3) is 0.760. The molecule has 0 saturated carbocycles. The normalized spacial score (nSPS) is 19.1. The minimum absolute atomic E-state index is 0.108. The maximum Gasteiger partial charge on any atom is 0.209 e. The van der Waals surface area contributed by atoms with Crippen LogP contribution in [0.2, 0.25) is 0 Å². The molecule has 1 heterocycles. The number of rotatable bonds is 20. The first-order valence-electron chi connectivity index (χ1n) is 12.2. The Labute approximate surface area is 184 Å². The van der Waals surface area contributed by atoms with E-state index in [0.717, 1.165) is 25.1 Å². The van der Waals surface area contributed by atoms with Crippen molar-refractivity contribution < 1.29 is 14.4 Å². The highest BCUT2D eigenvalue weighted by atomic mass is 16.4. The summed E-state index contributed by atoms with van der Waals surface area (Å²) in [7, 11) is 0. The average molecular weight is 420 g/mol. The Kier molecular flexibility index (Phi) is 14.4. The van der Waals surface area contributed by atoms with Gasteiger partial charge in [-0.05, 0) is 19.3 Å². The summed E-state index contributed by atoms with van der Waals surface area (Å²) in [6.07, 6.45) is 25.5. The lowest BCUT2D eigenvalue weighted by Crippen LogP contribution is -2.60. The molecule has 0 aromatic rings. The van der Waals surface area contributed by atoms with Crippen LogP contribution in [0.4, 0.5) is 0 Å². The van der Waals surface area contributed by atoms with Crippen molar-refractivity contribution in [1.29, 1.82) is 0 Å². The molecular weight excluding hydrogens is 374 g/mol. The Hall–Kier alpha value is -1.46. The highest BCUT2D eigenvalue weighted by molar-refractivity contribution is 5.81. The van der Waals surface area contributed by atoms with Crippen molar-refractivity contribution in [3.8, 4) is 0 Å². The second kappa shape index (κ2) is 16.3. The highest BCUT2D eigenvalue weighted by Gasteiger charge is 2.38. The van der Waals surface area contributed by atoms with Crippen LogP contribution in [0, 0.1) is 0 Å². The predicted molar refractivity (Wildman–Crippen MR) is 124 cm³/mol. The van der Waals surface area contributed by atoms with Gasteiger partial charge in [0.2, 0.25) is 5.84 Å². The van der Waals surface area contributed by atoms with Gasteiger partial charge in [0.05, 0.1) is 12.2 Å². The molecule has 0 aromatic carbocycles. The third kappa shape index (κ3) is 10.5. The molecule has 1 rings (SSSR count). The number of nitrogens with zero attached hydrogens (tertiary/aromatic N) is 2.